The fourth-order valence-corrected chi connectivity index (χ4v) is 3.83. The third-order valence-corrected chi connectivity index (χ3v) is 5.06. The van der Waals surface area contributed by atoms with Gasteiger partial charge in [0.25, 0.3) is 0 Å². The molecular weight excluding hydrogens is 274 g/mol. The number of benzene rings is 2. The van der Waals surface area contributed by atoms with Crippen molar-refractivity contribution in [3.8, 4) is 0 Å². The second-order valence-corrected chi connectivity index (χ2v) is 6.75. The molecule has 5 heteroatoms. The lowest BCUT2D eigenvalue weighted by Gasteiger charge is -2.42. The minimum Gasteiger partial charge on any atom is -0.379 e. The lowest BCUT2D eigenvalue weighted by atomic mass is 9.81. The summed E-state index contributed by atoms with van der Waals surface area (Å²) in [6.45, 7) is 0. The molecule has 2 N–H and O–H groups in total. The molecule has 0 spiro atoms. The normalized spacial score (nSPS) is 21.1. The molecule has 3 rings (SSSR count). The highest BCUT2D eigenvalue weighted by molar-refractivity contribution is 7.90. The molecule has 1 aliphatic heterocycles. The zero-order chi connectivity index (χ0) is 14.2. The van der Waals surface area contributed by atoms with Gasteiger partial charge in [-0.3, -0.25) is 0 Å². The molecule has 0 saturated carbocycles. The van der Waals surface area contributed by atoms with Crippen molar-refractivity contribution in [2.45, 2.75) is 11.6 Å². The predicted octanol–water partition coefficient (Wildman–Crippen LogP) is 1.22. The average Bonchev–Trinajstić information content (AvgIpc) is 2.46. The molecule has 1 saturated heterocycles. The summed E-state index contributed by atoms with van der Waals surface area (Å²) in [6, 6.07) is 17.7. The molecule has 0 aromatic heterocycles. The van der Waals surface area contributed by atoms with Crippen molar-refractivity contribution in [2.75, 3.05) is 5.75 Å². The van der Waals surface area contributed by atoms with E-state index >= 15 is 0 Å². The van der Waals surface area contributed by atoms with Crippen molar-refractivity contribution in [1.82, 2.24) is 4.72 Å². The van der Waals surface area contributed by atoms with Crippen LogP contribution in [-0.2, 0) is 15.6 Å². The molecule has 2 aromatic carbocycles. The van der Waals surface area contributed by atoms with E-state index in [0.717, 1.165) is 0 Å². The molecular formula is C15H15NO3S. The summed E-state index contributed by atoms with van der Waals surface area (Å²) in [5.74, 6) is -0.0761. The van der Waals surface area contributed by atoms with Crippen LogP contribution in [0.1, 0.15) is 11.1 Å². The van der Waals surface area contributed by atoms with Crippen LogP contribution < -0.4 is 4.72 Å². The van der Waals surface area contributed by atoms with Crippen molar-refractivity contribution >= 4 is 10.0 Å². The standard InChI is InChI=1S/C15H15NO3S/c17-15(12-7-3-1-4-8-12,13-9-5-2-6-10-13)14-11-20(18,19)16-14/h1-10,14,16-17H,11H2/t14-/m0/s1. The molecule has 4 nitrogen and oxygen atoms in total. The largest absolute Gasteiger partial charge is 0.379 e. The molecule has 0 bridgehead atoms. The first-order valence-corrected chi connectivity index (χ1v) is 8.01. The highest BCUT2D eigenvalue weighted by Gasteiger charge is 2.49. The van der Waals surface area contributed by atoms with Crippen molar-refractivity contribution in [3.63, 3.8) is 0 Å². The van der Waals surface area contributed by atoms with E-state index in [2.05, 4.69) is 4.72 Å². The molecule has 1 aliphatic rings. The number of sulfonamides is 1. The van der Waals surface area contributed by atoms with Gasteiger partial charge in [-0.2, -0.15) is 0 Å². The maximum absolute atomic E-state index is 11.4. The molecule has 1 fully saturated rings. The molecule has 1 atom stereocenters. The smallest absolute Gasteiger partial charge is 0.213 e. The topological polar surface area (TPSA) is 66.4 Å². The number of rotatable bonds is 3. The molecule has 1 heterocycles. The highest BCUT2D eigenvalue weighted by atomic mass is 32.2. The van der Waals surface area contributed by atoms with E-state index < -0.39 is 21.7 Å². The first-order valence-electron chi connectivity index (χ1n) is 6.36. The Bertz CT molecular complexity index is 647. The first-order chi connectivity index (χ1) is 9.52. The first kappa shape index (κ1) is 13.3. The van der Waals surface area contributed by atoms with E-state index in [9.17, 15) is 13.5 Å². The van der Waals surface area contributed by atoms with E-state index in [-0.39, 0.29) is 5.75 Å². The Balaban J connectivity index is 2.09. The summed E-state index contributed by atoms with van der Waals surface area (Å²) in [7, 11) is -3.24. The summed E-state index contributed by atoms with van der Waals surface area (Å²) in [6.07, 6.45) is 0. The van der Waals surface area contributed by atoms with Gasteiger partial charge in [0.15, 0.2) is 0 Å². The minimum absolute atomic E-state index is 0.0761. The van der Waals surface area contributed by atoms with E-state index in [1.165, 1.54) is 0 Å². The van der Waals surface area contributed by atoms with Crippen LogP contribution in [0.25, 0.3) is 0 Å². The Morgan fingerprint density at radius 1 is 0.950 bits per heavy atom. The van der Waals surface area contributed by atoms with Crippen LogP contribution in [0, 0.1) is 0 Å². The minimum atomic E-state index is -3.24. The molecule has 0 aliphatic carbocycles. The van der Waals surface area contributed by atoms with E-state index in [1.54, 1.807) is 24.3 Å². The van der Waals surface area contributed by atoms with E-state index in [1.807, 2.05) is 36.4 Å². The predicted molar refractivity (Wildman–Crippen MR) is 76.6 cm³/mol. The van der Waals surface area contributed by atoms with E-state index in [4.69, 9.17) is 0 Å². The molecule has 0 amide bonds. The van der Waals surface area contributed by atoms with Gasteiger partial charge < -0.3 is 5.11 Å². The highest BCUT2D eigenvalue weighted by Crippen LogP contribution is 2.36. The molecule has 0 radical (unpaired) electrons. The van der Waals surface area contributed by atoms with Crippen LogP contribution in [0.4, 0.5) is 0 Å². The molecule has 0 unspecified atom stereocenters. The monoisotopic (exact) mass is 289 g/mol. The number of nitrogens with one attached hydrogen (secondary N) is 1. The third-order valence-electron chi connectivity index (χ3n) is 3.64. The lowest BCUT2D eigenvalue weighted by Crippen LogP contribution is -2.63. The van der Waals surface area contributed by atoms with Crippen LogP contribution in [0.2, 0.25) is 0 Å². The number of hydrogen-bond donors (Lipinski definition) is 2. The van der Waals surface area contributed by atoms with Gasteiger partial charge in [0.2, 0.25) is 10.0 Å². The zero-order valence-electron chi connectivity index (χ0n) is 10.7. The Morgan fingerprint density at radius 3 is 1.70 bits per heavy atom. The number of aliphatic hydroxyl groups is 1. The van der Waals surface area contributed by atoms with Crippen LogP contribution in [0.15, 0.2) is 60.7 Å². The van der Waals surface area contributed by atoms with Crippen molar-refractivity contribution in [3.05, 3.63) is 71.8 Å². The van der Waals surface area contributed by atoms with Crippen LogP contribution in [0.5, 0.6) is 0 Å². The van der Waals surface area contributed by atoms with Crippen molar-refractivity contribution < 1.29 is 13.5 Å². The summed E-state index contributed by atoms with van der Waals surface area (Å²) in [5, 5.41) is 11.2. The Kier molecular flexibility index (Phi) is 3.12. The summed E-state index contributed by atoms with van der Waals surface area (Å²) >= 11 is 0. The second kappa shape index (κ2) is 4.70. The second-order valence-electron chi connectivity index (χ2n) is 4.95. The van der Waals surface area contributed by atoms with Crippen LogP contribution in [-0.4, -0.2) is 25.3 Å². The van der Waals surface area contributed by atoms with Gasteiger partial charge in [-0.05, 0) is 11.1 Å². The fraction of sp³-hybridized carbons (Fsp3) is 0.200. The van der Waals surface area contributed by atoms with Crippen LogP contribution in [0.3, 0.4) is 0 Å². The van der Waals surface area contributed by atoms with Gasteiger partial charge in [0.05, 0.1) is 11.8 Å². The van der Waals surface area contributed by atoms with Gasteiger partial charge in [0.1, 0.15) is 5.60 Å². The van der Waals surface area contributed by atoms with Gasteiger partial charge in [-0.15, -0.1) is 0 Å². The lowest BCUT2D eigenvalue weighted by molar-refractivity contribution is 0.0464. The zero-order valence-corrected chi connectivity index (χ0v) is 11.5. The average molecular weight is 289 g/mol. The molecule has 2 aromatic rings. The summed E-state index contributed by atoms with van der Waals surface area (Å²) < 4.78 is 25.2. The molecule has 20 heavy (non-hydrogen) atoms. The van der Waals surface area contributed by atoms with Crippen molar-refractivity contribution in [1.29, 1.82) is 0 Å². The van der Waals surface area contributed by atoms with E-state index in [0.29, 0.717) is 11.1 Å². The number of hydrogen-bond acceptors (Lipinski definition) is 3. The third kappa shape index (κ3) is 2.14. The Hall–Kier alpha value is -1.69. The quantitative estimate of drug-likeness (QED) is 0.893. The van der Waals surface area contributed by atoms with Gasteiger partial charge in [0, 0.05) is 0 Å². The van der Waals surface area contributed by atoms with Gasteiger partial charge in [-0.25, -0.2) is 13.1 Å². The maximum Gasteiger partial charge on any atom is 0.213 e. The van der Waals surface area contributed by atoms with Crippen LogP contribution >= 0.6 is 0 Å². The van der Waals surface area contributed by atoms with Gasteiger partial charge in [-0.1, -0.05) is 60.7 Å². The maximum atomic E-state index is 11.4. The van der Waals surface area contributed by atoms with Crippen molar-refractivity contribution in [2.24, 2.45) is 0 Å². The SMILES string of the molecule is O=S1(=O)C[C@@H](C(O)(c2ccccc2)c2ccccc2)N1. The summed E-state index contributed by atoms with van der Waals surface area (Å²) in [4.78, 5) is 0. The summed E-state index contributed by atoms with van der Waals surface area (Å²) in [5.41, 5.74) is 0.00519. The fourth-order valence-electron chi connectivity index (χ4n) is 2.58. The Morgan fingerprint density at radius 2 is 1.35 bits per heavy atom. The Labute approximate surface area is 118 Å². The van der Waals surface area contributed by atoms with Gasteiger partial charge >= 0.3 is 0 Å². The molecule has 104 valence electrons.